The van der Waals surface area contributed by atoms with Crippen LogP contribution in [0.4, 0.5) is 13.2 Å². The summed E-state index contributed by atoms with van der Waals surface area (Å²) in [6.45, 7) is -0.155. The number of aromatic nitrogens is 1. The van der Waals surface area contributed by atoms with Gasteiger partial charge in [0.05, 0.1) is 5.92 Å². The van der Waals surface area contributed by atoms with Crippen molar-refractivity contribution in [2.45, 2.75) is 12.6 Å². The van der Waals surface area contributed by atoms with E-state index in [9.17, 15) is 18.0 Å². The molecule has 0 unspecified atom stereocenters. The predicted octanol–water partition coefficient (Wildman–Crippen LogP) is 3.85. The zero-order valence-corrected chi connectivity index (χ0v) is 11.6. The highest BCUT2D eigenvalue weighted by molar-refractivity contribution is 6.31. The monoisotopic (exact) mass is 316 g/mol. The van der Waals surface area contributed by atoms with Gasteiger partial charge in [-0.25, -0.2) is 0 Å². The number of nitrogens with zero attached hydrogens (tertiary/aromatic N) is 1. The summed E-state index contributed by atoms with van der Waals surface area (Å²) < 4.78 is 38.0. The lowest BCUT2D eigenvalue weighted by Gasteiger charge is -2.17. The van der Waals surface area contributed by atoms with Crippen molar-refractivity contribution in [3.05, 3.63) is 35.0 Å². The van der Waals surface area contributed by atoms with Gasteiger partial charge in [0, 0.05) is 29.0 Å². The van der Waals surface area contributed by atoms with E-state index in [0.717, 1.165) is 5.39 Å². The molecule has 0 bridgehead atoms. The molecule has 21 heavy (non-hydrogen) atoms. The molecule has 112 valence electrons. The lowest BCUT2D eigenvalue weighted by Crippen LogP contribution is -2.32. The van der Waals surface area contributed by atoms with E-state index in [1.807, 2.05) is 0 Å². The molecule has 0 saturated carbocycles. The number of likely N-dealkylation sites (tertiary alicyclic amines) is 1. The number of alkyl halides is 3. The van der Waals surface area contributed by atoms with E-state index in [-0.39, 0.29) is 25.2 Å². The molecule has 3 nitrogen and oxygen atoms in total. The molecule has 0 aliphatic carbocycles. The minimum Gasteiger partial charge on any atom is -0.350 e. The van der Waals surface area contributed by atoms with Gasteiger partial charge >= 0.3 is 6.18 Å². The van der Waals surface area contributed by atoms with Gasteiger partial charge in [-0.05, 0) is 24.6 Å². The van der Waals surface area contributed by atoms with Gasteiger partial charge in [-0.3, -0.25) is 4.79 Å². The molecule has 1 aliphatic rings. The largest absolute Gasteiger partial charge is 0.393 e. The highest BCUT2D eigenvalue weighted by Gasteiger charge is 2.44. The van der Waals surface area contributed by atoms with E-state index in [4.69, 9.17) is 11.6 Å². The number of aromatic amines is 1. The van der Waals surface area contributed by atoms with Crippen LogP contribution in [0.1, 0.15) is 16.9 Å². The normalized spacial score (nSPS) is 19.4. The smallest absolute Gasteiger partial charge is 0.350 e. The third-order valence-corrected chi connectivity index (χ3v) is 3.99. The van der Waals surface area contributed by atoms with Crippen LogP contribution in [0, 0.1) is 5.92 Å². The first kappa shape index (κ1) is 14.3. The third-order valence-electron chi connectivity index (χ3n) is 3.75. The van der Waals surface area contributed by atoms with Crippen LogP contribution in [0.15, 0.2) is 24.3 Å². The van der Waals surface area contributed by atoms with E-state index in [2.05, 4.69) is 4.98 Å². The van der Waals surface area contributed by atoms with Gasteiger partial charge in [0.1, 0.15) is 5.69 Å². The van der Waals surface area contributed by atoms with E-state index < -0.39 is 18.0 Å². The zero-order valence-electron chi connectivity index (χ0n) is 10.9. The van der Waals surface area contributed by atoms with Crippen LogP contribution in [0.5, 0.6) is 0 Å². The van der Waals surface area contributed by atoms with Crippen LogP contribution in [0.25, 0.3) is 10.9 Å². The Morgan fingerprint density at radius 2 is 2.10 bits per heavy atom. The fourth-order valence-corrected chi connectivity index (χ4v) is 2.77. The van der Waals surface area contributed by atoms with E-state index >= 15 is 0 Å². The number of amides is 1. The number of hydrogen-bond acceptors (Lipinski definition) is 1. The first-order chi connectivity index (χ1) is 9.84. The number of nitrogens with one attached hydrogen (secondary N) is 1. The summed E-state index contributed by atoms with van der Waals surface area (Å²) in [6, 6.07) is 6.76. The molecular formula is C14H12ClF3N2O. The van der Waals surface area contributed by atoms with Gasteiger partial charge in [0.2, 0.25) is 0 Å². The topological polar surface area (TPSA) is 36.1 Å². The Bertz CT molecular complexity index is 695. The summed E-state index contributed by atoms with van der Waals surface area (Å²) in [7, 11) is 0. The average molecular weight is 317 g/mol. The van der Waals surface area contributed by atoms with Gasteiger partial charge in [-0.2, -0.15) is 13.2 Å². The molecule has 2 aromatic rings. The summed E-state index contributed by atoms with van der Waals surface area (Å²) in [6.07, 6.45) is -4.29. The molecule has 1 aromatic heterocycles. The highest BCUT2D eigenvalue weighted by Crippen LogP contribution is 2.34. The Hall–Kier alpha value is -1.69. The molecule has 1 amide bonds. The fourth-order valence-electron chi connectivity index (χ4n) is 2.60. The van der Waals surface area contributed by atoms with E-state index in [1.165, 1.54) is 4.90 Å². The van der Waals surface area contributed by atoms with Gasteiger partial charge < -0.3 is 9.88 Å². The Kier molecular flexibility index (Phi) is 3.36. The standard InChI is InChI=1S/C14H12ClF3N2O/c15-10-2-1-8-5-12(19-11(8)6-10)13(21)20-4-3-9(7-20)14(16,17)18/h1-2,5-6,9,19H,3-4,7H2/t9-/m1/s1. The quantitative estimate of drug-likeness (QED) is 0.852. The lowest BCUT2D eigenvalue weighted by atomic mass is 10.1. The highest BCUT2D eigenvalue weighted by atomic mass is 35.5. The molecule has 7 heteroatoms. The van der Waals surface area contributed by atoms with Gasteiger partial charge in [0.15, 0.2) is 0 Å². The molecule has 1 N–H and O–H groups in total. The van der Waals surface area contributed by atoms with Crippen molar-refractivity contribution < 1.29 is 18.0 Å². The average Bonchev–Trinajstić information content (AvgIpc) is 3.03. The number of H-pyrrole nitrogens is 1. The van der Waals surface area contributed by atoms with Gasteiger partial charge in [-0.15, -0.1) is 0 Å². The van der Waals surface area contributed by atoms with Crippen molar-refractivity contribution in [2.24, 2.45) is 5.92 Å². The predicted molar refractivity (Wildman–Crippen MR) is 73.4 cm³/mol. The number of fused-ring (bicyclic) bond motifs is 1. The molecule has 0 radical (unpaired) electrons. The summed E-state index contributed by atoms with van der Waals surface area (Å²) >= 11 is 5.86. The minimum absolute atomic E-state index is 0.0404. The van der Waals surface area contributed by atoms with Crippen molar-refractivity contribution in [1.82, 2.24) is 9.88 Å². The SMILES string of the molecule is O=C(c1cc2ccc(Cl)cc2[nH]1)N1CC[C@@H](C(F)(F)F)C1. The van der Waals surface area contributed by atoms with Crippen LogP contribution in [0.2, 0.25) is 5.02 Å². The number of hydrogen-bond donors (Lipinski definition) is 1. The van der Waals surface area contributed by atoms with Gasteiger partial charge in [0.25, 0.3) is 5.91 Å². The second-order valence-electron chi connectivity index (χ2n) is 5.19. The first-order valence-electron chi connectivity index (χ1n) is 6.49. The number of rotatable bonds is 1. The van der Waals surface area contributed by atoms with Crippen molar-refractivity contribution in [2.75, 3.05) is 13.1 Å². The molecule has 1 fully saturated rings. The minimum atomic E-state index is -4.25. The molecular weight excluding hydrogens is 305 g/mol. The fraction of sp³-hybridized carbons (Fsp3) is 0.357. The number of halogens is 4. The third kappa shape index (κ3) is 2.72. The van der Waals surface area contributed by atoms with Crippen LogP contribution in [0.3, 0.4) is 0 Å². The van der Waals surface area contributed by atoms with Gasteiger partial charge in [-0.1, -0.05) is 17.7 Å². The summed E-state index contributed by atoms with van der Waals surface area (Å²) in [4.78, 5) is 16.4. The van der Waals surface area contributed by atoms with Crippen LogP contribution in [-0.4, -0.2) is 35.1 Å². The molecule has 2 heterocycles. The molecule has 1 saturated heterocycles. The van der Waals surface area contributed by atoms with E-state index in [1.54, 1.807) is 24.3 Å². The molecule has 3 rings (SSSR count). The van der Waals surface area contributed by atoms with Crippen LogP contribution in [-0.2, 0) is 0 Å². The Morgan fingerprint density at radius 1 is 1.33 bits per heavy atom. The van der Waals surface area contributed by atoms with E-state index in [0.29, 0.717) is 10.5 Å². The second kappa shape index (κ2) is 4.94. The number of carbonyl (C=O) groups excluding carboxylic acids is 1. The summed E-state index contributed by atoms with van der Waals surface area (Å²) in [5, 5.41) is 1.33. The molecule has 0 spiro atoms. The molecule has 1 aliphatic heterocycles. The Balaban J connectivity index is 1.81. The Labute approximate surface area is 123 Å². The van der Waals surface area contributed by atoms with Crippen molar-refractivity contribution in [3.63, 3.8) is 0 Å². The number of carbonyl (C=O) groups is 1. The summed E-state index contributed by atoms with van der Waals surface area (Å²) in [5.74, 6) is -1.84. The molecule has 1 atom stereocenters. The van der Waals surface area contributed by atoms with Crippen molar-refractivity contribution >= 4 is 28.4 Å². The van der Waals surface area contributed by atoms with Crippen molar-refractivity contribution in [1.29, 1.82) is 0 Å². The number of benzene rings is 1. The van der Waals surface area contributed by atoms with Crippen LogP contribution >= 0.6 is 11.6 Å². The summed E-state index contributed by atoms with van der Waals surface area (Å²) in [5.41, 5.74) is 0.979. The first-order valence-corrected chi connectivity index (χ1v) is 6.86. The van der Waals surface area contributed by atoms with Crippen molar-refractivity contribution in [3.8, 4) is 0 Å². The zero-order chi connectivity index (χ0) is 15.2. The maximum Gasteiger partial charge on any atom is 0.393 e. The molecule has 1 aromatic carbocycles. The maximum absolute atomic E-state index is 12.7. The Morgan fingerprint density at radius 3 is 2.76 bits per heavy atom. The maximum atomic E-state index is 12.7. The second-order valence-corrected chi connectivity index (χ2v) is 5.63. The lowest BCUT2D eigenvalue weighted by molar-refractivity contribution is -0.169. The van der Waals surface area contributed by atoms with Crippen LogP contribution < -0.4 is 0 Å².